The Labute approximate surface area is 177 Å². The number of imidazole rings is 1. The summed E-state index contributed by atoms with van der Waals surface area (Å²) in [7, 11) is 0. The molecule has 2 aromatic rings. The molecule has 1 aliphatic carbocycles. The van der Waals surface area contributed by atoms with Crippen LogP contribution >= 0.6 is 0 Å². The van der Waals surface area contributed by atoms with Gasteiger partial charge in [-0.05, 0) is 37.2 Å². The van der Waals surface area contributed by atoms with E-state index in [1.807, 2.05) is 6.92 Å². The Kier molecular flexibility index (Phi) is 4.89. The van der Waals surface area contributed by atoms with Crippen LogP contribution in [0.1, 0.15) is 25.6 Å². The maximum absolute atomic E-state index is 13.7. The number of fused-ring (bicyclic) bond motifs is 1. The number of aromatic nitrogens is 2. The Bertz CT molecular complexity index is 993. The lowest BCUT2D eigenvalue weighted by Crippen LogP contribution is -2.66. The number of amides is 1. The monoisotopic (exact) mass is 438 g/mol. The van der Waals surface area contributed by atoms with E-state index in [9.17, 15) is 18.0 Å². The van der Waals surface area contributed by atoms with Gasteiger partial charge in [-0.15, -0.1) is 0 Å². The van der Waals surface area contributed by atoms with Crippen LogP contribution in [0.2, 0.25) is 0 Å². The SMILES string of the molecule is CC1(NC(=O)CN2CC3(CC(Cc4nc5c(OC(F)F)cc(F)cc5[nH]4)C3)C2)COC1. The van der Waals surface area contributed by atoms with Crippen molar-refractivity contribution in [3.63, 3.8) is 0 Å². The van der Waals surface area contributed by atoms with Gasteiger partial charge in [0.05, 0.1) is 30.8 Å². The van der Waals surface area contributed by atoms with E-state index in [-0.39, 0.29) is 28.1 Å². The molecule has 2 N–H and O–H groups in total. The van der Waals surface area contributed by atoms with Gasteiger partial charge in [0, 0.05) is 25.6 Å². The fourth-order valence-corrected chi connectivity index (χ4v) is 5.30. The molecule has 31 heavy (non-hydrogen) atoms. The standard InChI is InChI=1S/C21H25F3N4O3/c1-20(10-30-11-20)27-17(29)7-28-8-21(9-28)5-12(6-21)2-16-25-14-3-13(22)4-15(18(14)26-16)31-19(23)24/h3-4,12,19H,2,5-11H2,1H3,(H,25,26)(H,27,29). The number of hydrogen-bond donors (Lipinski definition) is 2. The van der Waals surface area contributed by atoms with Gasteiger partial charge in [-0.1, -0.05) is 0 Å². The zero-order valence-corrected chi connectivity index (χ0v) is 17.2. The lowest BCUT2D eigenvalue weighted by atomic mass is 9.57. The molecule has 0 radical (unpaired) electrons. The molecule has 1 spiro atoms. The zero-order valence-electron chi connectivity index (χ0n) is 17.2. The first-order chi connectivity index (χ1) is 14.7. The third-order valence-corrected chi connectivity index (χ3v) is 6.47. The highest BCUT2D eigenvalue weighted by atomic mass is 19.3. The van der Waals surface area contributed by atoms with Crippen LogP contribution in [-0.2, 0) is 16.0 Å². The van der Waals surface area contributed by atoms with E-state index in [1.165, 1.54) is 6.07 Å². The summed E-state index contributed by atoms with van der Waals surface area (Å²) in [6.45, 7) is 2.29. The van der Waals surface area contributed by atoms with E-state index >= 15 is 0 Å². The minimum absolute atomic E-state index is 0.0350. The molecule has 3 aliphatic rings. The highest BCUT2D eigenvalue weighted by Gasteiger charge is 2.52. The van der Waals surface area contributed by atoms with Gasteiger partial charge in [0.1, 0.15) is 17.2 Å². The Morgan fingerprint density at radius 1 is 1.39 bits per heavy atom. The number of halogens is 3. The van der Waals surface area contributed by atoms with Crippen molar-refractivity contribution in [2.45, 2.75) is 38.3 Å². The lowest BCUT2D eigenvalue weighted by Gasteiger charge is -2.59. The van der Waals surface area contributed by atoms with Gasteiger partial charge >= 0.3 is 6.61 Å². The van der Waals surface area contributed by atoms with Crippen LogP contribution in [0.4, 0.5) is 13.2 Å². The van der Waals surface area contributed by atoms with Gasteiger partial charge in [0.15, 0.2) is 5.75 Å². The minimum atomic E-state index is -3.04. The third kappa shape index (κ3) is 4.10. The molecule has 7 nitrogen and oxygen atoms in total. The van der Waals surface area contributed by atoms with Gasteiger partial charge in [-0.2, -0.15) is 8.78 Å². The zero-order chi connectivity index (χ0) is 21.8. The van der Waals surface area contributed by atoms with Crippen LogP contribution in [0, 0.1) is 17.2 Å². The molecule has 2 saturated heterocycles. The minimum Gasteiger partial charge on any atom is -0.432 e. The number of nitrogens with zero attached hydrogens (tertiary/aromatic N) is 2. The number of nitrogens with one attached hydrogen (secondary N) is 2. The summed E-state index contributed by atoms with van der Waals surface area (Å²) in [4.78, 5) is 21.7. The molecule has 2 aliphatic heterocycles. The number of aromatic amines is 1. The number of H-pyrrole nitrogens is 1. The van der Waals surface area contributed by atoms with Crippen LogP contribution in [0.15, 0.2) is 12.1 Å². The first kappa shape index (κ1) is 20.6. The van der Waals surface area contributed by atoms with E-state index in [1.54, 1.807) is 0 Å². The number of benzene rings is 1. The van der Waals surface area contributed by atoms with E-state index in [0.717, 1.165) is 32.0 Å². The summed E-state index contributed by atoms with van der Waals surface area (Å²) in [6.07, 6.45) is 2.73. The van der Waals surface area contributed by atoms with Crippen LogP contribution in [0.3, 0.4) is 0 Å². The Morgan fingerprint density at radius 3 is 2.77 bits per heavy atom. The third-order valence-electron chi connectivity index (χ3n) is 6.47. The first-order valence-electron chi connectivity index (χ1n) is 10.5. The Morgan fingerprint density at radius 2 is 2.13 bits per heavy atom. The summed E-state index contributed by atoms with van der Waals surface area (Å²) < 4.78 is 48.4. The van der Waals surface area contributed by atoms with Gasteiger partial charge in [-0.25, -0.2) is 9.37 Å². The summed E-state index contributed by atoms with van der Waals surface area (Å²) in [5.41, 5.74) is 0.608. The van der Waals surface area contributed by atoms with E-state index in [2.05, 4.69) is 24.9 Å². The molecular weight excluding hydrogens is 413 g/mol. The van der Waals surface area contributed by atoms with Crippen molar-refractivity contribution >= 4 is 16.9 Å². The molecule has 0 unspecified atom stereocenters. The van der Waals surface area contributed by atoms with Crippen molar-refractivity contribution in [2.75, 3.05) is 32.8 Å². The summed E-state index contributed by atoms with van der Waals surface area (Å²) in [5, 5.41) is 3.03. The molecule has 5 rings (SSSR count). The summed E-state index contributed by atoms with van der Waals surface area (Å²) in [6, 6.07) is 2.16. The largest absolute Gasteiger partial charge is 0.432 e. The molecule has 10 heteroatoms. The highest BCUT2D eigenvalue weighted by Crippen LogP contribution is 2.52. The fourth-order valence-electron chi connectivity index (χ4n) is 5.30. The Hall–Kier alpha value is -2.33. The molecule has 0 atom stereocenters. The number of rotatable bonds is 7. The number of ether oxygens (including phenoxy) is 2. The first-order valence-corrected chi connectivity index (χ1v) is 10.5. The molecule has 3 fully saturated rings. The van der Waals surface area contributed by atoms with Crippen LogP contribution < -0.4 is 10.1 Å². The molecule has 1 saturated carbocycles. The van der Waals surface area contributed by atoms with Gasteiger partial charge in [0.25, 0.3) is 0 Å². The number of alkyl halides is 2. The van der Waals surface area contributed by atoms with Gasteiger partial charge in [-0.3, -0.25) is 9.69 Å². The highest BCUT2D eigenvalue weighted by molar-refractivity contribution is 5.82. The topological polar surface area (TPSA) is 79.5 Å². The number of hydrogen-bond acceptors (Lipinski definition) is 5. The maximum atomic E-state index is 13.7. The van der Waals surface area contributed by atoms with Crippen LogP contribution in [0.25, 0.3) is 11.0 Å². The molecule has 1 amide bonds. The fraction of sp³-hybridized carbons (Fsp3) is 0.619. The quantitative estimate of drug-likeness (QED) is 0.695. The van der Waals surface area contributed by atoms with Crippen molar-refractivity contribution in [3.05, 3.63) is 23.8 Å². The second kappa shape index (κ2) is 7.37. The second-order valence-corrected chi connectivity index (χ2v) is 9.59. The van der Waals surface area contributed by atoms with Crippen molar-refractivity contribution in [1.82, 2.24) is 20.2 Å². The summed E-state index contributed by atoms with van der Waals surface area (Å²) >= 11 is 0. The number of carbonyl (C=O) groups is 1. The molecule has 1 aromatic carbocycles. The maximum Gasteiger partial charge on any atom is 0.387 e. The normalized spacial score (nSPS) is 22.2. The number of carbonyl (C=O) groups excluding carboxylic acids is 1. The second-order valence-electron chi connectivity index (χ2n) is 9.59. The van der Waals surface area contributed by atoms with Crippen molar-refractivity contribution < 1.29 is 27.4 Å². The average Bonchev–Trinajstić information content (AvgIpc) is 2.98. The number of likely N-dealkylation sites (tertiary alicyclic amines) is 1. The average molecular weight is 438 g/mol. The Balaban J connectivity index is 1.12. The van der Waals surface area contributed by atoms with Crippen LogP contribution in [0.5, 0.6) is 5.75 Å². The summed E-state index contributed by atoms with van der Waals surface area (Å²) in [5.74, 6) is 0.192. The molecule has 3 heterocycles. The predicted molar refractivity (Wildman–Crippen MR) is 105 cm³/mol. The molecule has 1 aromatic heterocycles. The lowest BCUT2D eigenvalue weighted by molar-refractivity contribution is -0.140. The molecule has 168 valence electrons. The van der Waals surface area contributed by atoms with Crippen LogP contribution in [-0.4, -0.2) is 65.8 Å². The van der Waals surface area contributed by atoms with Crippen molar-refractivity contribution in [1.29, 1.82) is 0 Å². The smallest absolute Gasteiger partial charge is 0.387 e. The van der Waals surface area contributed by atoms with Crippen molar-refractivity contribution in [3.8, 4) is 5.75 Å². The molecular formula is C21H25F3N4O3. The van der Waals surface area contributed by atoms with Crippen molar-refractivity contribution in [2.24, 2.45) is 11.3 Å². The van der Waals surface area contributed by atoms with Gasteiger partial charge < -0.3 is 19.8 Å². The van der Waals surface area contributed by atoms with E-state index in [4.69, 9.17) is 4.74 Å². The van der Waals surface area contributed by atoms with E-state index < -0.39 is 12.4 Å². The predicted octanol–water partition coefficient (Wildman–Crippen LogP) is 2.46. The molecule has 0 bridgehead atoms. The van der Waals surface area contributed by atoms with E-state index in [0.29, 0.717) is 43.4 Å². The van der Waals surface area contributed by atoms with Gasteiger partial charge in [0.2, 0.25) is 5.91 Å².